The summed E-state index contributed by atoms with van der Waals surface area (Å²) in [6.07, 6.45) is -0.480. The molecule has 7 heteroatoms. The third kappa shape index (κ3) is 5.64. The molecule has 0 fully saturated rings. The van der Waals surface area contributed by atoms with E-state index in [0.717, 1.165) is 0 Å². The zero-order valence-corrected chi connectivity index (χ0v) is 10.1. The Bertz CT molecular complexity index is 461. The van der Waals surface area contributed by atoms with Crippen molar-refractivity contribution in [3.8, 4) is 0 Å². The van der Waals surface area contributed by atoms with Gasteiger partial charge in [0.25, 0.3) is 0 Å². The molecule has 1 aromatic rings. The molecule has 1 atom stereocenters. The van der Waals surface area contributed by atoms with Crippen molar-refractivity contribution >= 4 is 23.5 Å². The summed E-state index contributed by atoms with van der Waals surface area (Å²) in [6, 6.07) is 7.57. The number of carbonyl (C=O) groups excluding carboxylic acids is 2. The maximum atomic E-state index is 11.5. The van der Waals surface area contributed by atoms with Crippen LogP contribution >= 0.6 is 0 Å². The van der Waals surface area contributed by atoms with Crippen molar-refractivity contribution in [1.82, 2.24) is 5.32 Å². The number of carboxylic acid groups (broad SMARTS) is 1. The molecule has 0 aliphatic rings. The number of nitrogens with one attached hydrogen (secondary N) is 2. The molecule has 0 aromatic heterocycles. The Balaban J connectivity index is 2.34. The number of nitrogens with two attached hydrogens (primary N) is 1. The molecule has 102 valence electrons. The molecule has 19 heavy (non-hydrogen) atoms. The number of hydrogen-bond acceptors (Lipinski definition) is 4. The van der Waals surface area contributed by atoms with Crippen LogP contribution in [0.3, 0.4) is 0 Å². The Morgan fingerprint density at radius 2 is 1.84 bits per heavy atom. The van der Waals surface area contributed by atoms with Gasteiger partial charge >= 0.3 is 5.97 Å². The Labute approximate surface area is 109 Å². The van der Waals surface area contributed by atoms with Crippen LogP contribution < -0.4 is 16.4 Å². The molecule has 0 aliphatic carbocycles. The van der Waals surface area contributed by atoms with Crippen LogP contribution in [0.1, 0.15) is 6.42 Å². The highest BCUT2D eigenvalue weighted by atomic mass is 16.4. The first-order chi connectivity index (χ1) is 8.99. The fourth-order valence-electron chi connectivity index (χ4n) is 1.31. The predicted octanol–water partition coefficient (Wildman–Crippen LogP) is -0.457. The van der Waals surface area contributed by atoms with Gasteiger partial charge in [-0.3, -0.25) is 14.4 Å². The van der Waals surface area contributed by atoms with Crippen molar-refractivity contribution in [2.24, 2.45) is 5.73 Å². The molecule has 0 radical (unpaired) electrons. The molecular formula is C12H15N3O4. The van der Waals surface area contributed by atoms with Crippen molar-refractivity contribution in [2.45, 2.75) is 12.5 Å². The van der Waals surface area contributed by atoms with Gasteiger partial charge in [-0.1, -0.05) is 18.2 Å². The number of aliphatic carboxylic acids is 1. The second kappa shape index (κ2) is 7.12. The summed E-state index contributed by atoms with van der Waals surface area (Å²) >= 11 is 0. The van der Waals surface area contributed by atoms with Gasteiger partial charge in [-0.2, -0.15) is 0 Å². The van der Waals surface area contributed by atoms with E-state index in [0.29, 0.717) is 5.69 Å². The first-order valence-electron chi connectivity index (χ1n) is 5.59. The SMILES string of the molecule is N[C@@H](CC(=O)O)C(=O)NCC(=O)Nc1ccccc1. The van der Waals surface area contributed by atoms with E-state index in [9.17, 15) is 14.4 Å². The second-order valence-electron chi connectivity index (χ2n) is 3.84. The Morgan fingerprint density at radius 3 is 2.42 bits per heavy atom. The van der Waals surface area contributed by atoms with Crippen LogP contribution in [0.4, 0.5) is 5.69 Å². The van der Waals surface area contributed by atoms with E-state index in [1.54, 1.807) is 24.3 Å². The molecule has 7 nitrogen and oxygen atoms in total. The smallest absolute Gasteiger partial charge is 0.305 e. The van der Waals surface area contributed by atoms with Crippen LogP contribution in [-0.4, -0.2) is 35.5 Å². The van der Waals surface area contributed by atoms with Gasteiger partial charge in [0.2, 0.25) is 11.8 Å². The normalized spacial score (nSPS) is 11.4. The van der Waals surface area contributed by atoms with Crippen molar-refractivity contribution < 1.29 is 19.5 Å². The standard InChI is InChI=1S/C12H15N3O4/c13-9(6-11(17)18)12(19)14-7-10(16)15-8-4-2-1-3-5-8/h1-5,9H,6-7,13H2,(H,14,19)(H,15,16)(H,17,18)/t9-/m0/s1. The summed E-state index contributed by atoms with van der Waals surface area (Å²) < 4.78 is 0. The molecule has 1 aromatic carbocycles. The summed E-state index contributed by atoms with van der Waals surface area (Å²) in [6.45, 7) is -0.263. The van der Waals surface area contributed by atoms with E-state index in [1.807, 2.05) is 6.07 Å². The van der Waals surface area contributed by atoms with Gasteiger partial charge in [-0.15, -0.1) is 0 Å². The van der Waals surface area contributed by atoms with Crippen LogP contribution in [0.15, 0.2) is 30.3 Å². The van der Waals surface area contributed by atoms with Gasteiger partial charge in [0, 0.05) is 5.69 Å². The highest BCUT2D eigenvalue weighted by molar-refractivity contribution is 5.95. The highest BCUT2D eigenvalue weighted by Crippen LogP contribution is 2.03. The Hall–Kier alpha value is -2.41. The summed E-state index contributed by atoms with van der Waals surface area (Å²) in [5, 5.41) is 13.3. The lowest BCUT2D eigenvalue weighted by atomic mass is 10.2. The summed E-state index contributed by atoms with van der Waals surface area (Å²) in [7, 11) is 0. The van der Waals surface area contributed by atoms with Gasteiger partial charge in [-0.25, -0.2) is 0 Å². The van der Waals surface area contributed by atoms with E-state index in [4.69, 9.17) is 10.8 Å². The molecule has 0 heterocycles. The van der Waals surface area contributed by atoms with Gasteiger partial charge in [0.05, 0.1) is 19.0 Å². The van der Waals surface area contributed by atoms with Crippen molar-refractivity contribution in [3.63, 3.8) is 0 Å². The summed E-state index contributed by atoms with van der Waals surface area (Å²) in [5.41, 5.74) is 5.94. The molecule has 0 spiro atoms. The van der Waals surface area contributed by atoms with Gasteiger partial charge in [0.1, 0.15) is 0 Å². The average Bonchev–Trinajstić information content (AvgIpc) is 2.36. The molecular weight excluding hydrogens is 250 g/mol. The zero-order chi connectivity index (χ0) is 14.3. The number of amides is 2. The van der Waals surface area contributed by atoms with E-state index in [-0.39, 0.29) is 6.54 Å². The largest absolute Gasteiger partial charge is 0.481 e. The van der Waals surface area contributed by atoms with Crippen LogP contribution in [0, 0.1) is 0 Å². The number of benzene rings is 1. The minimum absolute atomic E-state index is 0.263. The van der Waals surface area contributed by atoms with Crippen LogP contribution in [0.5, 0.6) is 0 Å². The number of carboxylic acids is 1. The van der Waals surface area contributed by atoms with Crippen LogP contribution in [0.2, 0.25) is 0 Å². The molecule has 1 rings (SSSR count). The maximum absolute atomic E-state index is 11.5. The van der Waals surface area contributed by atoms with Gasteiger partial charge in [0.15, 0.2) is 0 Å². The molecule has 0 bridgehead atoms. The fraction of sp³-hybridized carbons (Fsp3) is 0.250. The highest BCUT2D eigenvalue weighted by Gasteiger charge is 2.17. The van der Waals surface area contributed by atoms with Crippen molar-refractivity contribution in [3.05, 3.63) is 30.3 Å². The number of rotatable bonds is 6. The van der Waals surface area contributed by atoms with Gasteiger partial charge in [-0.05, 0) is 12.1 Å². The third-order valence-corrected chi connectivity index (χ3v) is 2.21. The number of hydrogen-bond donors (Lipinski definition) is 4. The predicted molar refractivity (Wildman–Crippen MR) is 68.3 cm³/mol. The van der Waals surface area contributed by atoms with Crippen molar-refractivity contribution in [2.75, 3.05) is 11.9 Å². The maximum Gasteiger partial charge on any atom is 0.305 e. The van der Waals surface area contributed by atoms with E-state index < -0.39 is 30.2 Å². The lowest BCUT2D eigenvalue weighted by molar-refractivity contribution is -0.139. The topological polar surface area (TPSA) is 122 Å². The molecule has 0 unspecified atom stereocenters. The Kier molecular flexibility index (Phi) is 5.49. The van der Waals surface area contributed by atoms with Crippen molar-refractivity contribution in [1.29, 1.82) is 0 Å². The second-order valence-corrected chi connectivity index (χ2v) is 3.84. The average molecular weight is 265 g/mol. The first-order valence-corrected chi connectivity index (χ1v) is 5.59. The molecule has 0 aliphatic heterocycles. The molecule has 0 saturated carbocycles. The number of para-hydroxylation sites is 1. The van der Waals surface area contributed by atoms with Crippen LogP contribution in [0.25, 0.3) is 0 Å². The quantitative estimate of drug-likeness (QED) is 0.554. The fourth-order valence-corrected chi connectivity index (χ4v) is 1.31. The van der Waals surface area contributed by atoms with E-state index >= 15 is 0 Å². The molecule has 2 amide bonds. The lowest BCUT2D eigenvalue weighted by Gasteiger charge is -2.10. The lowest BCUT2D eigenvalue weighted by Crippen LogP contribution is -2.44. The minimum Gasteiger partial charge on any atom is -0.481 e. The number of carbonyl (C=O) groups is 3. The third-order valence-electron chi connectivity index (χ3n) is 2.21. The minimum atomic E-state index is -1.17. The monoisotopic (exact) mass is 265 g/mol. The number of anilines is 1. The first kappa shape index (κ1) is 14.7. The zero-order valence-electron chi connectivity index (χ0n) is 10.1. The van der Waals surface area contributed by atoms with E-state index in [1.165, 1.54) is 0 Å². The van der Waals surface area contributed by atoms with Crippen LogP contribution in [-0.2, 0) is 14.4 Å². The molecule has 0 saturated heterocycles. The molecule has 5 N–H and O–H groups in total. The van der Waals surface area contributed by atoms with E-state index in [2.05, 4.69) is 10.6 Å². The Morgan fingerprint density at radius 1 is 1.21 bits per heavy atom. The summed E-state index contributed by atoms with van der Waals surface area (Å²) in [4.78, 5) is 33.2. The van der Waals surface area contributed by atoms with Gasteiger partial charge < -0.3 is 21.5 Å². The summed E-state index contributed by atoms with van der Waals surface area (Å²) in [5.74, 6) is -2.26.